The van der Waals surface area contributed by atoms with Crippen LogP contribution < -0.4 is 0 Å². The second kappa shape index (κ2) is 7.05. The predicted octanol–water partition coefficient (Wildman–Crippen LogP) is 3.28. The molecule has 6 nitrogen and oxygen atoms in total. The van der Waals surface area contributed by atoms with Gasteiger partial charge < -0.3 is 14.7 Å². The Morgan fingerprint density at radius 1 is 1.40 bits per heavy atom. The highest BCUT2D eigenvalue weighted by atomic mass is 32.1. The summed E-state index contributed by atoms with van der Waals surface area (Å²) < 4.78 is 5.08. The van der Waals surface area contributed by atoms with Gasteiger partial charge in [0.25, 0.3) is 0 Å². The van der Waals surface area contributed by atoms with Crippen LogP contribution in [0.5, 0.6) is 0 Å². The number of hydrogen-bond acceptors (Lipinski definition) is 6. The molecule has 2 heterocycles. The molecule has 0 spiro atoms. The van der Waals surface area contributed by atoms with Crippen LogP contribution in [0.4, 0.5) is 0 Å². The summed E-state index contributed by atoms with van der Waals surface area (Å²) in [6, 6.07) is 9.01. The van der Waals surface area contributed by atoms with Crippen molar-refractivity contribution in [1.82, 2.24) is 9.88 Å². The fourth-order valence-electron chi connectivity index (χ4n) is 2.76. The van der Waals surface area contributed by atoms with Gasteiger partial charge in [-0.05, 0) is 19.1 Å². The molecule has 1 aromatic heterocycles. The lowest BCUT2D eigenvalue weighted by atomic mass is 10.1. The van der Waals surface area contributed by atoms with Gasteiger partial charge in [0.05, 0.1) is 35.5 Å². The Bertz CT molecular complexity index is 864. The highest BCUT2D eigenvalue weighted by Gasteiger charge is 2.35. The first kappa shape index (κ1) is 17.1. The molecule has 0 amide bonds. The van der Waals surface area contributed by atoms with Crippen LogP contribution in [0.1, 0.15) is 17.5 Å². The number of nitriles is 1. The van der Waals surface area contributed by atoms with Crippen molar-refractivity contribution >= 4 is 22.7 Å². The van der Waals surface area contributed by atoms with Crippen LogP contribution in [0.25, 0.3) is 16.8 Å². The molecule has 1 atom stereocenters. The molecule has 0 bridgehead atoms. The summed E-state index contributed by atoms with van der Waals surface area (Å²) in [5.74, 6) is 0.435. The number of methoxy groups -OCH3 is 1. The molecule has 0 saturated carbocycles. The maximum Gasteiger partial charge on any atom is 0.135 e. The van der Waals surface area contributed by atoms with Gasteiger partial charge in [0, 0.05) is 24.6 Å². The Morgan fingerprint density at radius 2 is 2.12 bits per heavy atom. The van der Waals surface area contributed by atoms with Crippen molar-refractivity contribution in [1.29, 1.82) is 10.7 Å². The third kappa shape index (κ3) is 3.14. The quantitative estimate of drug-likeness (QED) is 0.859. The van der Waals surface area contributed by atoms with Gasteiger partial charge in [-0.1, -0.05) is 12.1 Å². The Labute approximate surface area is 150 Å². The van der Waals surface area contributed by atoms with Gasteiger partial charge in [0.1, 0.15) is 16.6 Å². The highest BCUT2D eigenvalue weighted by Crippen LogP contribution is 2.34. The lowest BCUT2D eigenvalue weighted by Gasteiger charge is -2.23. The first-order valence-corrected chi connectivity index (χ1v) is 8.68. The van der Waals surface area contributed by atoms with E-state index in [-0.39, 0.29) is 17.6 Å². The van der Waals surface area contributed by atoms with Crippen LogP contribution in [0.3, 0.4) is 0 Å². The molecule has 0 fully saturated rings. The van der Waals surface area contributed by atoms with Crippen molar-refractivity contribution in [3.63, 3.8) is 0 Å². The molecule has 0 saturated heterocycles. The smallest absolute Gasteiger partial charge is 0.135 e. The Kier molecular flexibility index (Phi) is 4.83. The second-order valence-corrected chi connectivity index (χ2v) is 6.56. The van der Waals surface area contributed by atoms with Gasteiger partial charge in [0.15, 0.2) is 0 Å². The van der Waals surface area contributed by atoms with Crippen LogP contribution in [0, 0.1) is 16.7 Å². The van der Waals surface area contributed by atoms with Gasteiger partial charge >= 0.3 is 0 Å². The van der Waals surface area contributed by atoms with E-state index in [1.165, 1.54) is 11.3 Å². The van der Waals surface area contributed by atoms with Gasteiger partial charge in [-0.3, -0.25) is 5.41 Å². The van der Waals surface area contributed by atoms with Crippen molar-refractivity contribution in [3.05, 3.63) is 46.0 Å². The average molecular weight is 354 g/mol. The lowest BCUT2D eigenvalue weighted by molar-refractivity contribution is 0.164. The summed E-state index contributed by atoms with van der Waals surface area (Å²) >= 11 is 1.39. The number of amidine groups is 1. The van der Waals surface area contributed by atoms with Crippen LogP contribution >= 0.6 is 11.3 Å². The number of nitrogens with zero attached hydrogens (tertiary/aromatic N) is 3. The fraction of sp³-hybridized carbons (Fsp3) is 0.278. The van der Waals surface area contributed by atoms with E-state index in [4.69, 9.17) is 15.4 Å². The molecule has 1 aromatic carbocycles. The standard InChI is InChI=1S/C18H18N4O2S/c1-11-16(23)15(17(20)22(11)7-8-24-2)18-21-14(10-25-18)13-5-3-12(9-19)4-6-13/h3-6,10-11,20,23H,7-8H2,1-2H3/t11-/m0/s1. The lowest BCUT2D eigenvalue weighted by Crippen LogP contribution is -2.35. The molecule has 25 heavy (non-hydrogen) atoms. The molecule has 128 valence electrons. The second-order valence-electron chi connectivity index (χ2n) is 5.70. The minimum absolute atomic E-state index is 0.168. The van der Waals surface area contributed by atoms with Crippen LogP contribution in [-0.4, -0.2) is 47.1 Å². The normalized spacial score (nSPS) is 17.2. The molecule has 1 aliphatic rings. The van der Waals surface area contributed by atoms with Crippen molar-refractivity contribution in [2.45, 2.75) is 13.0 Å². The maximum absolute atomic E-state index is 10.5. The molecule has 2 aromatic rings. The SMILES string of the molecule is COCCN1C(=N)C(c2nc(-c3ccc(C#N)cc3)cs2)=C(O)[C@@H]1C. The van der Waals surface area contributed by atoms with Crippen molar-refractivity contribution in [3.8, 4) is 17.3 Å². The average Bonchev–Trinajstić information content (AvgIpc) is 3.18. The summed E-state index contributed by atoms with van der Waals surface area (Å²) in [5, 5.41) is 30.3. The topological polar surface area (TPSA) is 93.2 Å². The van der Waals surface area contributed by atoms with Crippen LogP contribution in [0.2, 0.25) is 0 Å². The molecular formula is C18H18N4O2S. The summed E-state index contributed by atoms with van der Waals surface area (Å²) in [4.78, 5) is 6.39. The van der Waals surface area contributed by atoms with E-state index in [2.05, 4.69) is 11.1 Å². The monoisotopic (exact) mass is 354 g/mol. The summed E-state index contributed by atoms with van der Waals surface area (Å²) in [5.41, 5.74) is 2.74. The van der Waals surface area contributed by atoms with Gasteiger partial charge in [-0.25, -0.2) is 4.98 Å². The summed E-state index contributed by atoms with van der Waals surface area (Å²) in [6.07, 6.45) is 0. The number of nitrogens with one attached hydrogen (secondary N) is 1. The summed E-state index contributed by atoms with van der Waals surface area (Å²) in [6.45, 7) is 2.89. The van der Waals surface area contributed by atoms with Crippen molar-refractivity contribution < 1.29 is 9.84 Å². The number of rotatable bonds is 5. The first-order valence-electron chi connectivity index (χ1n) is 7.81. The van der Waals surface area contributed by atoms with Gasteiger partial charge in [0.2, 0.25) is 0 Å². The minimum Gasteiger partial charge on any atom is -0.509 e. The van der Waals surface area contributed by atoms with Crippen molar-refractivity contribution in [2.75, 3.05) is 20.3 Å². The fourth-order valence-corrected chi connectivity index (χ4v) is 3.64. The molecule has 0 radical (unpaired) electrons. The number of ether oxygens (including phenoxy) is 1. The van der Waals surface area contributed by atoms with E-state index in [9.17, 15) is 5.11 Å². The number of hydrogen-bond donors (Lipinski definition) is 2. The van der Waals surface area contributed by atoms with Crippen LogP contribution in [-0.2, 0) is 4.74 Å². The molecule has 7 heteroatoms. The molecule has 3 rings (SSSR count). The number of aliphatic hydroxyl groups excluding tert-OH is 1. The Hall–Kier alpha value is -2.69. The van der Waals surface area contributed by atoms with Crippen molar-refractivity contribution in [2.24, 2.45) is 0 Å². The number of aliphatic hydroxyl groups is 1. The van der Waals surface area contributed by atoms with E-state index in [1.54, 1.807) is 24.1 Å². The van der Waals surface area contributed by atoms with E-state index >= 15 is 0 Å². The van der Waals surface area contributed by atoms with E-state index in [1.807, 2.05) is 24.4 Å². The molecular weight excluding hydrogens is 336 g/mol. The zero-order chi connectivity index (χ0) is 18.0. The van der Waals surface area contributed by atoms with E-state index in [0.29, 0.717) is 29.3 Å². The maximum atomic E-state index is 10.5. The number of benzene rings is 1. The zero-order valence-corrected chi connectivity index (χ0v) is 14.8. The molecule has 1 aliphatic heterocycles. The number of thiazole rings is 1. The van der Waals surface area contributed by atoms with E-state index < -0.39 is 0 Å². The zero-order valence-electron chi connectivity index (χ0n) is 14.0. The van der Waals surface area contributed by atoms with E-state index in [0.717, 1.165) is 11.3 Å². The number of aromatic nitrogens is 1. The molecule has 0 unspecified atom stereocenters. The third-order valence-electron chi connectivity index (χ3n) is 4.21. The summed E-state index contributed by atoms with van der Waals surface area (Å²) in [7, 11) is 1.61. The van der Waals surface area contributed by atoms with Gasteiger partial charge in [-0.15, -0.1) is 11.3 Å². The predicted molar refractivity (Wildman–Crippen MR) is 97.6 cm³/mol. The molecule has 2 N–H and O–H groups in total. The minimum atomic E-state index is -0.264. The molecule has 0 aliphatic carbocycles. The largest absolute Gasteiger partial charge is 0.509 e. The first-order chi connectivity index (χ1) is 12.1. The Morgan fingerprint density at radius 3 is 2.76 bits per heavy atom. The Balaban J connectivity index is 1.88. The van der Waals surface area contributed by atoms with Gasteiger partial charge in [-0.2, -0.15) is 5.26 Å². The third-order valence-corrected chi connectivity index (χ3v) is 5.07. The van der Waals surface area contributed by atoms with Crippen LogP contribution in [0.15, 0.2) is 35.4 Å². The highest BCUT2D eigenvalue weighted by molar-refractivity contribution is 7.11.